The molecule has 3 amide bonds. The molecule has 3 aromatic rings. The number of carbonyl (C=O) groups is 2. The summed E-state index contributed by atoms with van der Waals surface area (Å²) in [6, 6.07) is 10.1. The molecule has 2 unspecified atom stereocenters. The molecular formula is C32H39N7O6. The molecule has 5 heterocycles. The van der Waals surface area contributed by atoms with Crippen LogP contribution in [0, 0.1) is 0 Å². The molecule has 6 rings (SSSR count). The topological polar surface area (TPSA) is 140 Å². The van der Waals surface area contributed by atoms with E-state index in [1.54, 1.807) is 36.3 Å². The molecule has 1 aromatic carbocycles. The third-order valence-electron chi connectivity index (χ3n) is 7.97. The van der Waals surface area contributed by atoms with Gasteiger partial charge in [-0.05, 0) is 57.9 Å². The SMILES string of the molecule is CCN1CC(C)(C)Oc2nc(N3CC4CCC(C3)O4)nc(-c3ccc(NC(=O)Nc4ccc(OCCOC)cn4)cc3)c2C1=O. The predicted octanol–water partition coefficient (Wildman–Crippen LogP) is 4.21. The molecule has 3 aliphatic rings. The van der Waals surface area contributed by atoms with Crippen molar-refractivity contribution in [2.75, 3.05) is 62.0 Å². The second-order valence-electron chi connectivity index (χ2n) is 12.0. The van der Waals surface area contributed by atoms with E-state index in [9.17, 15) is 9.59 Å². The van der Waals surface area contributed by atoms with Crippen molar-refractivity contribution in [3.05, 3.63) is 48.2 Å². The van der Waals surface area contributed by atoms with Crippen molar-refractivity contribution in [3.63, 3.8) is 0 Å². The van der Waals surface area contributed by atoms with Crippen molar-refractivity contribution in [2.45, 2.75) is 51.4 Å². The lowest BCUT2D eigenvalue weighted by Gasteiger charge is -2.33. The summed E-state index contributed by atoms with van der Waals surface area (Å²) in [5.74, 6) is 1.57. The molecule has 0 aliphatic carbocycles. The summed E-state index contributed by atoms with van der Waals surface area (Å²) in [6.07, 6.45) is 3.84. The number of pyridine rings is 1. The number of aromatic nitrogens is 3. The van der Waals surface area contributed by atoms with E-state index in [1.807, 2.05) is 32.9 Å². The lowest BCUT2D eigenvalue weighted by molar-refractivity contribution is 0.0297. The fourth-order valence-electron chi connectivity index (χ4n) is 5.84. The number of methoxy groups -OCH3 is 1. The summed E-state index contributed by atoms with van der Waals surface area (Å²) >= 11 is 0. The number of anilines is 3. The van der Waals surface area contributed by atoms with E-state index in [2.05, 4.69) is 20.5 Å². The van der Waals surface area contributed by atoms with Gasteiger partial charge in [-0.25, -0.2) is 14.8 Å². The second-order valence-corrected chi connectivity index (χ2v) is 12.0. The Bertz CT molecular complexity index is 1520. The molecule has 2 bridgehead atoms. The average Bonchev–Trinajstić information content (AvgIpc) is 3.32. The summed E-state index contributed by atoms with van der Waals surface area (Å²) < 4.78 is 22.9. The summed E-state index contributed by atoms with van der Waals surface area (Å²) in [7, 11) is 1.60. The van der Waals surface area contributed by atoms with Gasteiger partial charge < -0.3 is 34.1 Å². The number of amides is 3. The van der Waals surface area contributed by atoms with Crippen LogP contribution in [0.4, 0.5) is 22.2 Å². The molecule has 13 heteroatoms. The summed E-state index contributed by atoms with van der Waals surface area (Å²) in [6.45, 7) is 9.06. The van der Waals surface area contributed by atoms with Gasteiger partial charge in [0.15, 0.2) is 0 Å². The molecule has 0 saturated carbocycles. The van der Waals surface area contributed by atoms with Gasteiger partial charge in [0.2, 0.25) is 11.8 Å². The van der Waals surface area contributed by atoms with Crippen LogP contribution in [0.5, 0.6) is 11.6 Å². The molecule has 2 atom stereocenters. The molecule has 3 aliphatic heterocycles. The third-order valence-corrected chi connectivity index (χ3v) is 7.97. The minimum atomic E-state index is -0.642. The fourth-order valence-corrected chi connectivity index (χ4v) is 5.84. The zero-order valence-corrected chi connectivity index (χ0v) is 26.0. The van der Waals surface area contributed by atoms with Crippen LogP contribution in [-0.2, 0) is 9.47 Å². The molecule has 0 radical (unpaired) electrons. The van der Waals surface area contributed by atoms with Crippen LogP contribution >= 0.6 is 0 Å². The monoisotopic (exact) mass is 617 g/mol. The van der Waals surface area contributed by atoms with Gasteiger partial charge in [-0.1, -0.05) is 12.1 Å². The average molecular weight is 618 g/mol. The van der Waals surface area contributed by atoms with E-state index in [4.69, 9.17) is 28.9 Å². The standard InChI is InChI=1S/C32H39N7O6/c1-5-38-19-32(2,3)45-28-26(29(38)40)27(36-30(37-28)39-17-23-10-11-24(18-39)44-23)20-6-8-21(9-7-20)34-31(41)35-25-13-12-22(16-33-25)43-15-14-42-4/h6-9,12-13,16,23-24H,5,10-11,14-15,17-19H2,1-4H3,(H2,33,34,35,41). The Morgan fingerprint density at radius 2 is 1.80 bits per heavy atom. The van der Waals surface area contributed by atoms with Crippen LogP contribution in [0.25, 0.3) is 11.3 Å². The predicted molar refractivity (Wildman–Crippen MR) is 168 cm³/mol. The number of rotatable bonds is 9. The number of hydrogen-bond acceptors (Lipinski definition) is 10. The summed E-state index contributed by atoms with van der Waals surface area (Å²) in [5, 5.41) is 5.54. The van der Waals surface area contributed by atoms with E-state index in [0.29, 0.717) is 79.4 Å². The first-order valence-corrected chi connectivity index (χ1v) is 15.3. The van der Waals surface area contributed by atoms with Crippen molar-refractivity contribution in [1.29, 1.82) is 0 Å². The third kappa shape index (κ3) is 6.94. The van der Waals surface area contributed by atoms with Crippen LogP contribution in [-0.4, -0.2) is 96.1 Å². The minimum absolute atomic E-state index is 0.142. The van der Waals surface area contributed by atoms with Gasteiger partial charge >= 0.3 is 6.03 Å². The Balaban J connectivity index is 1.24. The number of carbonyl (C=O) groups excluding carboxylic acids is 2. The highest BCUT2D eigenvalue weighted by molar-refractivity contribution is 6.03. The van der Waals surface area contributed by atoms with E-state index < -0.39 is 11.6 Å². The molecule has 0 spiro atoms. The molecule has 2 saturated heterocycles. The maximum Gasteiger partial charge on any atom is 0.324 e. The molecule has 2 N–H and O–H groups in total. The van der Waals surface area contributed by atoms with E-state index in [0.717, 1.165) is 12.8 Å². The zero-order chi connectivity index (χ0) is 31.6. The van der Waals surface area contributed by atoms with Crippen LogP contribution < -0.4 is 25.0 Å². The van der Waals surface area contributed by atoms with E-state index >= 15 is 0 Å². The number of morpholine rings is 1. The first-order chi connectivity index (χ1) is 21.7. The molecule has 2 aromatic heterocycles. The number of benzene rings is 1. The second kappa shape index (κ2) is 12.9. The first kappa shape index (κ1) is 30.5. The van der Waals surface area contributed by atoms with Crippen LogP contribution in [0.1, 0.15) is 44.0 Å². The van der Waals surface area contributed by atoms with Gasteiger partial charge in [-0.2, -0.15) is 4.98 Å². The van der Waals surface area contributed by atoms with Crippen LogP contribution in [0.15, 0.2) is 42.6 Å². The Morgan fingerprint density at radius 3 is 2.47 bits per heavy atom. The van der Waals surface area contributed by atoms with Gasteiger partial charge in [-0.3, -0.25) is 10.1 Å². The number of ether oxygens (including phenoxy) is 4. The van der Waals surface area contributed by atoms with Crippen LogP contribution in [0.3, 0.4) is 0 Å². The van der Waals surface area contributed by atoms with Gasteiger partial charge in [0.05, 0.1) is 37.3 Å². The number of urea groups is 1. The number of hydrogen-bond donors (Lipinski definition) is 2. The Labute approximate surface area is 262 Å². The van der Waals surface area contributed by atoms with Gasteiger partial charge in [0.25, 0.3) is 5.91 Å². The zero-order valence-electron chi connectivity index (χ0n) is 26.0. The smallest absolute Gasteiger partial charge is 0.324 e. The first-order valence-electron chi connectivity index (χ1n) is 15.3. The Hall–Kier alpha value is -4.49. The largest absolute Gasteiger partial charge is 0.490 e. The molecule has 2 fully saturated rings. The highest BCUT2D eigenvalue weighted by Gasteiger charge is 2.39. The maximum atomic E-state index is 13.9. The summed E-state index contributed by atoms with van der Waals surface area (Å²) in [4.78, 5) is 44.5. The van der Waals surface area contributed by atoms with E-state index in [1.165, 1.54) is 6.20 Å². The number of fused-ring (bicyclic) bond motifs is 3. The van der Waals surface area contributed by atoms with Gasteiger partial charge in [0.1, 0.15) is 29.3 Å². The lowest BCUT2D eigenvalue weighted by Crippen LogP contribution is -2.43. The van der Waals surface area contributed by atoms with Crippen LogP contribution in [0.2, 0.25) is 0 Å². The Kier molecular flexibility index (Phi) is 8.72. The molecule has 45 heavy (non-hydrogen) atoms. The molecule has 238 valence electrons. The van der Waals surface area contributed by atoms with E-state index in [-0.39, 0.29) is 24.0 Å². The quantitative estimate of drug-likeness (QED) is 0.336. The number of nitrogens with one attached hydrogen (secondary N) is 2. The fraction of sp³-hybridized carbons (Fsp3) is 0.469. The summed E-state index contributed by atoms with van der Waals surface area (Å²) in [5.41, 5.74) is 1.44. The van der Waals surface area contributed by atoms with Crippen molar-refractivity contribution in [1.82, 2.24) is 19.9 Å². The number of nitrogens with zero attached hydrogens (tertiary/aromatic N) is 5. The van der Waals surface area contributed by atoms with Crippen molar-refractivity contribution in [3.8, 4) is 22.9 Å². The highest BCUT2D eigenvalue weighted by atomic mass is 16.5. The molecule has 13 nitrogen and oxygen atoms in total. The van der Waals surface area contributed by atoms with Crippen molar-refractivity contribution in [2.24, 2.45) is 0 Å². The van der Waals surface area contributed by atoms with Gasteiger partial charge in [-0.15, -0.1) is 0 Å². The maximum absolute atomic E-state index is 13.9. The Morgan fingerprint density at radius 1 is 1.04 bits per heavy atom. The van der Waals surface area contributed by atoms with Gasteiger partial charge in [0, 0.05) is 38.0 Å². The van der Waals surface area contributed by atoms with Crippen molar-refractivity contribution >= 4 is 29.4 Å². The molecular weight excluding hydrogens is 578 g/mol. The lowest BCUT2D eigenvalue weighted by atomic mass is 10.0. The van der Waals surface area contributed by atoms with Crippen molar-refractivity contribution < 1.29 is 28.5 Å². The normalized spacial score (nSPS) is 20.2. The highest BCUT2D eigenvalue weighted by Crippen LogP contribution is 2.37. The minimum Gasteiger partial charge on any atom is -0.490 e. The number of likely N-dealkylation sites (N-methyl/N-ethyl adjacent to an activating group) is 1.